The zero-order valence-electron chi connectivity index (χ0n) is 11.5. The zero-order chi connectivity index (χ0) is 14.5. The summed E-state index contributed by atoms with van der Waals surface area (Å²) in [6, 6.07) is 4.87. The van der Waals surface area contributed by atoms with E-state index in [-0.39, 0.29) is 24.1 Å². The van der Waals surface area contributed by atoms with Gasteiger partial charge >= 0.3 is 5.97 Å². The summed E-state index contributed by atoms with van der Waals surface area (Å²) < 4.78 is 5.44. The number of aromatic carboxylic acids is 1. The zero-order valence-corrected chi connectivity index (χ0v) is 11.5. The highest BCUT2D eigenvalue weighted by Crippen LogP contribution is 2.20. The van der Waals surface area contributed by atoms with Crippen molar-refractivity contribution in [1.82, 2.24) is 5.32 Å². The van der Waals surface area contributed by atoms with Crippen molar-refractivity contribution in [3.05, 3.63) is 29.3 Å². The van der Waals surface area contributed by atoms with Gasteiger partial charge in [-0.2, -0.15) is 0 Å². The first-order chi connectivity index (χ1) is 9.56. The summed E-state index contributed by atoms with van der Waals surface area (Å²) in [6.45, 7) is 1.72. The molecule has 20 heavy (non-hydrogen) atoms. The van der Waals surface area contributed by atoms with Gasteiger partial charge in [-0.3, -0.25) is 4.79 Å². The number of ether oxygens (including phenoxy) is 1. The highest BCUT2D eigenvalue weighted by atomic mass is 16.5. The van der Waals surface area contributed by atoms with Crippen molar-refractivity contribution in [2.75, 3.05) is 6.61 Å². The molecule has 0 spiro atoms. The van der Waals surface area contributed by atoms with Crippen LogP contribution in [0.5, 0.6) is 5.75 Å². The fraction of sp³-hybridized carbons (Fsp3) is 0.467. The topological polar surface area (TPSA) is 75.6 Å². The molecule has 1 fully saturated rings. The normalized spacial score (nSPS) is 15.1. The molecular formula is C15H19NO4. The Morgan fingerprint density at radius 2 is 2.05 bits per heavy atom. The van der Waals surface area contributed by atoms with Gasteiger partial charge in [-0.1, -0.05) is 12.8 Å². The quantitative estimate of drug-likeness (QED) is 0.864. The molecule has 5 heteroatoms. The average Bonchev–Trinajstić information content (AvgIpc) is 2.90. The molecule has 2 rings (SSSR count). The molecule has 0 aliphatic heterocycles. The fourth-order valence-electron chi connectivity index (χ4n) is 2.43. The third kappa shape index (κ3) is 3.73. The van der Waals surface area contributed by atoms with Gasteiger partial charge in [-0.15, -0.1) is 0 Å². The maximum atomic E-state index is 11.7. The average molecular weight is 277 g/mol. The Bertz CT molecular complexity index is 507. The van der Waals surface area contributed by atoms with Crippen LogP contribution in [0.3, 0.4) is 0 Å². The Hall–Kier alpha value is -2.04. The summed E-state index contributed by atoms with van der Waals surface area (Å²) in [5.74, 6) is -0.561. The number of carbonyl (C=O) groups is 2. The number of carbonyl (C=O) groups excluding carboxylic acids is 1. The lowest BCUT2D eigenvalue weighted by Crippen LogP contribution is -2.36. The summed E-state index contributed by atoms with van der Waals surface area (Å²) in [5.41, 5.74) is 0.920. The number of hydrogen-bond acceptors (Lipinski definition) is 3. The Balaban J connectivity index is 1.86. The van der Waals surface area contributed by atoms with Gasteiger partial charge in [-0.25, -0.2) is 4.79 Å². The Kier molecular flexibility index (Phi) is 4.61. The molecule has 1 aromatic carbocycles. The van der Waals surface area contributed by atoms with Crippen LogP contribution in [0.15, 0.2) is 18.2 Å². The highest BCUT2D eigenvalue weighted by molar-refractivity contribution is 5.88. The Morgan fingerprint density at radius 3 is 2.65 bits per heavy atom. The lowest BCUT2D eigenvalue weighted by atomic mass is 10.1. The van der Waals surface area contributed by atoms with Gasteiger partial charge in [-0.05, 0) is 43.5 Å². The van der Waals surface area contributed by atoms with Crippen LogP contribution in [0.4, 0.5) is 0 Å². The second-order valence-electron chi connectivity index (χ2n) is 5.12. The monoisotopic (exact) mass is 277 g/mol. The molecule has 0 heterocycles. The van der Waals surface area contributed by atoms with E-state index in [2.05, 4.69) is 5.32 Å². The minimum Gasteiger partial charge on any atom is -0.484 e. The van der Waals surface area contributed by atoms with Gasteiger partial charge in [0.2, 0.25) is 0 Å². The molecule has 5 nitrogen and oxygen atoms in total. The van der Waals surface area contributed by atoms with Crippen LogP contribution in [0.2, 0.25) is 0 Å². The molecule has 1 aliphatic carbocycles. The van der Waals surface area contributed by atoms with E-state index >= 15 is 0 Å². The van der Waals surface area contributed by atoms with Crippen molar-refractivity contribution in [2.45, 2.75) is 38.6 Å². The van der Waals surface area contributed by atoms with E-state index in [1.165, 1.54) is 25.0 Å². The number of amides is 1. The van der Waals surface area contributed by atoms with Gasteiger partial charge in [0.15, 0.2) is 6.61 Å². The first kappa shape index (κ1) is 14.4. The Labute approximate surface area is 117 Å². The molecule has 1 amide bonds. The number of benzene rings is 1. The van der Waals surface area contributed by atoms with E-state index in [9.17, 15) is 9.59 Å². The number of aryl methyl sites for hydroxylation is 1. The largest absolute Gasteiger partial charge is 0.484 e. The van der Waals surface area contributed by atoms with Gasteiger partial charge in [0, 0.05) is 6.04 Å². The van der Waals surface area contributed by atoms with Crippen LogP contribution in [-0.2, 0) is 4.79 Å². The third-order valence-electron chi connectivity index (χ3n) is 3.50. The van der Waals surface area contributed by atoms with Gasteiger partial charge < -0.3 is 15.2 Å². The second-order valence-corrected chi connectivity index (χ2v) is 5.12. The van der Waals surface area contributed by atoms with Crippen LogP contribution in [0, 0.1) is 6.92 Å². The van der Waals surface area contributed by atoms with E-state index in [0.29, 0.717) is 11.3 Å². The highest BCUT2D eigenvalue weighted by Gasteiger charge is 2.17. The van der Waals surface area contributed by atoms with Crippen LogP contribution in [-0.4, -0.2) is 29.6 Å². The van der Waals surface area contributed by atoms with Crippen molar-refractivity contribution in [3.8, 4) is 5.75 Å². The van der Waals surface area contributed by atoms with Crippen LogP contribution < -0.4 is 10.1 Å². The van der Waals surface area contributed by atoms with E-state index in [0.717, 1.165) is 12.8 Å². The smallest absolute Gasteiger partial charge is 0.335 e. The van der Waals surface area contributed by atoms with E-state index in [4.69, 9.17) is 9.84 Å². The molecule has 1 aromatic rings. The molecular weight excluding hydrogens is 258 g/mol. The standard InChI is InChI=1S/C15H19NO4/c1-10-8-11(15(18)19)6-7-13(10)20-9-14(17)16-12-4-2-3-5-12/h6-8,12H,2-5,9H2,1H3,(H,16,17)(H,18,19). The number of carboxylic acid groups (broad SMARTS) is 1. The minimum atomic E-state index is -0.973. The molecule has 2 N–H and O–H groups in total. The Morgan fingerprint density at radius 1 is 1.35 bits per heavy atom. The number of carboxylic acids is 1. The first-order valence-corrected chi connectivity index (χ1v) is 6.82. The molecule has 1 aliphatic rings. The molecule has 0 atom stereocenters. The molecule has 0 saturated heterocycles. The lowest BCUT2D eigenvalue weighted by molar-refractivity contribution is -0.123. The molecule has 1 saturated carbocycles. The SMILES string of the molecule is Cc1cc(C(=O)O)ccc1OCC(=O)NC1CCCC1. The van der Waals surface area contributed by atoms with Gasteiger partial charge in [0.1, 0.15) is 5.75 Å². The van der Waals surface area contributed by atoms with E-state index in [1.54, 1.807) is 13.0 Å². The van der Waals surface area contributed by atoms with Crippen molar-refractivity contribution in [2.24, 2.45) is 0 Å². The summed E-state index contributed by atoms with van der Waals surface area (Å²) >= 11 is 0. The van der Waals surface area contributed by atoms with E-state index < -0.39 is 5.97 Å². The molecule has 0 bridgehead atoms. The summed E-state index contributed by atoms with van der Waals surface area (Å²) in [4.78, 5) is 22.5. The predicted molar refractivity (Wildman–Crippen MR) is 74.0 cm³/mol. The van der Waals surface area contributed by atoms with Crippen LogP contribution in [0.1, 0.15) is 41.6 Å². The molecule has 0 radical (unpaired) electrons. The van der Waals surface area contributed by atoms with Crippen molar-refractivity contribution in [1.29, 1.82) is 0 Å². The predicted octanol–water partition coefficient (Wildman–Crippen LogP) is 2.13. The second kappa shape index (κ2) is 6.41. The van der Waals surface area contributed by atoms with Crippen molar-refractivity contribution >= 4 is 11.9 Å². The number of rotatable bonds is 5. The summed E-state index contributed by atoms with van der Waals surface area (Å²) in [6.07, 6.45) is 4.42. The van der Waals surface area contributed by atoms with Crippen LogP contribution in [0.25, 0.3) is 0 Å². The summed E-state index contributed by atoms with van der Waals surface area (Å²) in [5, 5.41) is 11.8. The van der Waals surface area contributed by atoms with Crippen molar-refractivity contribution < 1.29 is 19.4 Å². The fourth-order valence-corrected chi connectivity index (χ4v) is 2.43. The van der Waals surface area contributed by atoms with Crippen LogP contribution >= 0.6 is 0 Å². The number of hydrogen-bond donors (Lipinski definition) is 2. The van der Waals surface area contributed by atoms with E-state index in [1.807, 2.05) is 0 Å². The van der Waals surface area contributed by atoms with Gasteiger partial charge in [0.25, 0.3) is 5.91 Å². The lowest BCUT2D eigenvalue weighted by Gasteiger charge is -2.13. The molecule has 0 unspecified atom stereocenters. The number of nitrogens with one attached hydrogen (secondary N) is 1. The minimum absolute atomic E-state index is 0.0379. The molecule has 108 valence electrons. The first-order valence-electron chi connectivity index (χ1n) is 6.82. The maximum Gasteiger partial charge on any atom is 0.335 e. The van der Waals surface area contributed by atoms with Gasteiger partial charge in [0.05, 0.1) is 5.56 Å². The molecule has 0 aromatic heterocycles. The summed E-state index contributed by atoms with van der Waals surface area (Å²) in [7, 11) is 0. The maximum absolute atomic E-state index is 11.7. The van der Waals surface area contributed by atoms with Crippen molar-refractivity contribution in [3.63, 3.8) is 0 Å². The third-order valence-corrected chi connectivity index (χ3v) is 3.50.